The Labute approximate surface area is 128 Å². The maximum Gasteiger partial charge on any atom is 0.402 e. The van der Waals surface area contributed by atoms with E-state index in [2.05, 4.69) is 36.9 Å². The van der Waals surface area contributed by atoms with Crippen LogP contribution in [0, 0.1) is 0 Å². The number of carbonyl (C=O) groups is 2. The Kier molecular flexibility index (Phi) is 4.46. The molecule has 0 saturated heterocycles. The summed E-state index contributed by atoms with van der Waals surface area (Å²) in [6.07, 6.45) is -0.299. The van der Waals surface area contributed by atoms with Gasteiger partial charge in [0.25, 0.3) is 0 Å². The summed E-state index contributed by atoms with van der Waals surface area (Å²) in [5, 5.41) is 7.19. The first-order chi connectivity index (χ1) is 10.5. The molecule has 1 aliphatic rings. The lowest BCUT2D eigenvalue weighted by Gasteiger charge is -2.10. The zero-order chi connectivity index (χ0) is 16.3. The van der Waals surface area contributed by atoms with Gasteiger partial charge in [-0.3, -0.25) is 4.79 Å². The maximum atomic E-state index is 11.6. The molecule has 0 saturated carbocycles. The van der Waals surface area contributed by atoms with E-state index in [0.717, 1.165) is 17.5 Å². The SMILES string of the molecule is CCC1c2ccccc2-c2c(C(N)=O)cccc21.NC(=O)O. The van der Waals surface area contributed by atoms with Gasteiger partial charge in [-0.15, -0.1) is 0 Å². The highest BCUT2D eigenvalue weighted by Crippen LogP contribution is 2.47. The van der Waals surface area contributed by atoms with Gasteiger partial charge in [0.05, 0.1) is 0 Å². The molecule has 1 aliphatic carbocycles. The minimum Gasteiger partial charge on any atom is -0.465 e. The van der Waals surface area contributed by atoms with Crippen LogP contribution in [-0.2, 0) is 0 Å². The third kappa shape index (κ3) is 2.79. The second-order valence-corrected chi connectivity index (χ2v) is 5.02. The number of rotatable bonds is 2. The molecule has 22 heavy (non-hydrogen) atoms. The first kappa shape index (κ1) is 15.6. The number of amides is 2. The van der Waals surface area contributed by atoms with Crippen molar-refractivity contribution in [2.75, 3.05) is 0 Å². The fourth-order valence-corrected chi connectivity index (χ4v) is 3.00. The first-order valence-electron chi connectivity index (χ1n) is 6.97. The Hall–Kier alpha value is -2.82. The van der Waals surface area contributed by atoms with Crippen LogP contribution in [0.4, 0.5) is 4.79 Å². The standard InChI is InChI=1S/C16H15NO.CH3NO2/c1-2-10-11-6-3-4-7-13(11)15-12(10)8-5-9-14(15)16(17)18;2-1(3)4/h3-10H,2H2,1H3,(H2,17,18);2H2,(H,3,4). The molecule has 1 unspecified atom stereocenters. The van der Waals surface area contributed by atoms with Gasteiger partial charge in [-0.1, -0.05) is 43.3 Å². The topological polar surface area (TPSA) is 106 Å². The summed E-state index contributed by atoms with van der Waals surface area (Å²) < 4.78 is 0. The zero-order valence-electron chi connectivity index (χ0n) is 12.2. The Bertz CT molecular complexity index is 722. The number of benzene rings is 2. The summed E-state index contributed by atoms with van der Waals surface area (Å²) in [4.78, 5) is 20.4. The molecule has 0 heterocycles. The monoisotopic (exact) mass is 298 g/mol. The number of carboxylic acid groups (broad SMARTS) is 1. The maximum absolute atomic E-state index is 11.6. The van der Waals surface area contributed by atoms with Crippen molar-refractivity contribution >= 4 is 12.0 Å². The van der Waals surface area contributed by atoms with Gasteiger partial charge in [0.15, 0.2) is 0 Å². The summed E-state index contributed by atoms with van der Waals surface area (Å²) in [5.41, 5.74) is 14.9. The highest BCUT2D eigenvalue weighted by Gasteiger charge is 2.29. The summed E-state index contributed by atoms with van der Waals surface area (Å²) in [5.74, 6) is 0.0360. The minimum absolute atomic E-state index is 0.349. The molecule has 0 spiro atoms. The van der Waals surface area contributed by atoms with Crippen molar-refractivity contribution in [1.29, 1.82) is 0 Å². The van der Waals surface area contributed by atoms with Gasteiger partial charge in [0.1, 0.15) is 0 Å². The Morgan fingerprint density at radius 3 is 2.23 bits per heavy atom. The Morgan fingerprint density at radius 2 is 1.64 bits per heavy atom. The number of carbonyl (C=O) groups excluding carboxylic acids is 1. The highest BCUT2D eigenvalue weighted by atomic mass is 16.4. The molecule has 2 aromatic rings. The van der Waals surface area contributed by atoms with Crippen molar-refractivity contribution in [3.8, 4) is 11.1 Å². The van der Waals surface area contributed by atoms with Crippen molar-refractivity contribution in [2.24, 2.45) is 11.5 Å². The molecule has 3 rings (SSSR count). The smallest absolute Gasteiger partial charge is 0.402 e. The average Bonchev–Trinajstić information content (AvgIpc) is 2.80. The highest BCUT2D eigenvalue weighted by molar-refractivity contribution is 6.02. The molecule has 2 amide bonds. The van der Waals surface area contributed by atoms with Crippen LogP contribution in [0.25, 0.3) is 11.1 Å². The van der Waals surface area contributed by atoms with Crippen LogP contribution in [0.2, 0.25) is 0 Å². The summed E-state index contributed by atoms with van der Waals surface area (Å²) in [6, 6.07) is 14.1. The van der Waals surface area contributed by atoms with Gasteiger partial charge >= 0.3 is 6.09 Å². The molecule has 5 heteroatoms. The molecular weight excluding hydrogens is 280 g/mol. The van der Waals surface area contributed by atoms with Crippen molar-refractivity contribution in [3.05, 3.63) is 59.2 Å². The first-order valence-corrected chi connectivity index (χ1v) is 6.97. The lowest BCUT2D eigenvalue weighted by molar-refractivity contribution is 0.100. The van der Waals surface area contributed by atoms with Gasteiger partial charge in [-0.2, -0.15) is 0 Å². The number of hydrogen-bond donors (Lipinski definition) is 3. The molecule has 0 bridgehead atoms. The predicted molar refractivity (Wildman–Crippen MR) is 84.7 cm³/mol. The molecule has 5 N–H and O–H groups in total. The van der Waals surface area contributed by atoms with Crippen molar-refractivity contribution in [1.82, 2.24) is 0 Å². The van der Waals surface area contributed by atoms with Gasteiger partial charge in [0, 0.05) is 11.5 Å². The largest absolute Gasteiger partial charge is 0.465 e. The van der Waals surface area contributed by atoms with Crippen LogP contribution in [0.3, 0.4) is 0 Å². The number of hydrogen-bond acceptors (Lipinski definition) is 2. The molecule has 0 radical (unpaired) electrons. The van der Waals surface area contributed by atoms with E-state index >= 15 is 0 Å². The molecule has 0 fully saturated rings. The molecule has 114 valence electrons. The second kappa shape index (κ2) is 6.30. The number of fused-ring (bicyclic) bond motifs is 3. The van der Waals surface area contributed by atoms with Gasteiger partial charge < -0.3 is 16.6 Å². The Morgan fingerprint density at radius 1 is 1.05 bits per heavy atom. The summed E-state index contributed by atoms with van der Waals surface area (Å²) in [6.45, 7) is 2.17. The zero-order valence-corrected chi connectivity index (χ0v) is 12.2. The third-order valence-electron chi connectivity index (χ3n) is 3.75. The van der Waals surface area contributed by atoms with E-state index in [0.29, 0.717) is 11.5 Å². The number of nitrogens with two attached hydrogens (primary N) is 2. The fraction of sp³-hybridized carbons (Fsp3) is 0.176. The van der Waals surface area contributed by atoms with E-state index in [1.54, 1.807) is 0 Å². The Balaban J connectivity index is 0.000000396. The third-order valence-corrected chi connectivity index (χ3v) is 3.75. The molecule has 2 aromatic carbocycles. The van der Waals surface area contributed by atoms with Crippen LogP contribution in [0.1, 0.15) is 40.7 Å². The predicted octanol–water partition coefficient (Wildman–Crippen LogP) is 2.93. The fourth-order valence-electron chi connectivity index (χ4n) is 3.00. The summed E-state index contributed by atoms with van der Waals surface area (Å²) >= 11 is 0. The lowest BCUT2D eigenvalue weighted by atomic mass is 9.94. The van der Waals surface area contributed by atoms with Crippen LogP contribution in [-0.4, -0.2) is 17.1 Å². The molecule has 1 atom stereocenters. The van der Waals surface area contributed by atoms with Crippen LogP contribution in [0.15, 0.2) is 42.5 Å². The van der Waals surface area contributed by atoms with Gasteiger partial charge in [-0.05, 0) is 34.7 Å². The minimum atomic E-state index is -1.33. The van der Waals surface area contributed by atoms with E-state index in [9.17, 15) is 4.79 Å². The van der Waals surface area contributed by atoms with Crippen molar-refractivity contribution in [3.63, 3.8) is 0 Å². The summed E-state index contributed by atoms with van der Waals surface area (Å²) in [7, 11) is 0. The van der Waals surface area contributed by atoms with E-state index in [1.165, 1.54) is 11.1 Å². The van der Waals surface area contributed by atoms with E-state index in [1.807, 2.05) is 18.2 Å². The van der Waals surface area contributed by atoms with E-state index < -0.39 is 6.09 Å². The molecular formula is C17H18N2O3. The molecule has 5 nitrogen and oxygen atoms in total. The van der Waals surface area contributed by atoms with Crippen LogP contribution >= 0.6 is 0 Å². The van der Waals surface area contributed by atoms with E-state index in [4.69, 9.17) is 15.6 Å². The van der Waals surface area contributed by atoms with Crippen LogP contribution in [0.5, 0.6) is 0 Å². The van der Waals surface area contributed by atoms with Gasteiger partial charge in [-0.25, -0.2) is 4.79 Å². The normalized spacial score (nSPS) is 14.3. The van der Waals surface area contributed by atoms with Gasteiger partial charge in [0.2, 0.25) is 5.91 Å². The van der Waals surface area contributed by atoms with Crippen molar-refractivity contribution < 1.29 is 14.7 Å². The lowest BCUT2D eigenvalue weighted by Crippen LogP contribution is -2.12. The molecule has 0 aliphatic heterocycles. The van der Waals surface area contributed by atoms with Crippen molar-refractivity contribution in [2.45, 2.75) is 19.3 Å². The second-order valence-electron chi connectivity index (χ2n) is 5.02. The van der Waals surface area contributed by atoms with E-state index in [-0.39, 0.29) is 5.91 Å². The van der Waals surface area contributed by atoms with Crippen LogP contribution < -0.4 is 11.5 Å². The quantitative estimate of drug-likeness (QED) is 0.793. The molecule has 0 aromatic heterocycles. The average molecular weight is 298 g/mol. The number of primary amides is 2.